The van der Waals surface area contributed by atoms with E-state index in [-0.39, 0.29) is 25.7 Å². The van der Waals surface area contributed by atoms with E-state index in [1.165, 1.54) is 302 Å². The van der Waals surface area contributed by atoms with Crippen LogP contribution in [0, 0.1) is 5.92 Å². The van der Waals surface area contributed by atoms with Crippen molar-refractivity contribution >= 4 is 39.5 Å². The zero-order valence-corrected chi connectivity index (χ0v) is 72.1. The maximum Gasteiger partial charge on any atom is 0.472 e. The van der Waals surface area contributed by atoms with E-state index in [1.54, 1.807) is 0 Å². The first-order chi connectivity index (χ1) is 52.1. The van der Waals surface area contributed by atoms with Crippen LogP contribution in [0.1, 0.15) is 478 Å². The molecule has 0 aromatic heterocycles. The van der Waals surface area contributed by atoms with Crippen molar-refractivity contribution in [2.75, 3.05) is 39.6 Å². The summed E-state index contributed by atoms with van der Waals surface area (Å²) in [4.78, 5) is 73.3. The molecule has 6 atom stereocenters. The highest BCUT2D eigenvalue weighted by atomic mass is 31.2. The van der Waals surface area contributed by atoms with Gasteiger partial charge in [0.15, 0.2) is 12.2 Å². The van der Waals surface area contributed by atoms with Crippen molar-refractivity contribution < 1.29 is 80.2 Å². The molecule has 0 aromatic carbocycles. The van der Waals surface area contributed by atoms with E-state index in [1.807, 2.05) is 0 Å². The van der Waals surface area contributed by atoms with Crippen LogP contribution in [0.3, 0.4) is 0 Å². The van der Waals surface area contributed by atoms with Gasteiger partial charge in [-0.1, -0.05) is 426 Å². The lowest BCUT2D eigenvalue weighted by molar-refractivity contribution is -0.161. The van der Waals surface area contributed by atoms with Gasteiger partial charge in [-0.2, -0.15) is 0 Å². The van der Waals surface area contributed by atoms with Gasteiger partial charge in [0, 0.05) is 25.7 Å². The normalized spacial score (nSPS) is 14.0. The Bertz CT molecular complexity index is 2030. The fourth-order valence-electron chi connectivity index (χ4n) is 13.8. The van der Waals surface area contributed by atoms with Crippen molar-refractivity contribution in [3.63, 3.8) is 0 Å². The van der Waals surface area contributed by atoms with Crippen LogP contribution in [-0.2, 0) is 65.4 Å². The first-order valence-corrected chi connectivity index (χ1v) is 48.7. The lowest BCUT2D eigenvalue weighted by Crippen LogP contribution is -2.30. The average molecular weight is 1560 g/mol. The molecule has 0 spiro atoms. The third-order valence-electron chi connectivity index (χ3n) is 21.1. The van der Waals surface area contributed by atoms with Gasteiger partial charge < -0.3 is 33.8 Å². The number of carbonyl (C=O) groups is 4. The van der Waals surface area contributed by atoms with E-state index in [0.29, 0.717) is 25.7 Å². The predicted molar refractivity (Wildman–Crippen MR) is 442 cm³/mol. The molecule has 19 heteroatoms. The zero-order chi connectivity index (χ0) is 78.3. The summed E-state index contributed by atoms with van der Waals surface area (Å²) < 4.78 is 69.0. The van der Waals surface area contributed by atoms with Gasteiger partial charge >= 0.3 is 39.5 Å². The van der Waals surface area contributed by atoms with E-state index in [2.05, 4.69) is 34.6 Å². The molecule has 3 unspecified atom stereocenters. The number of aliphatic hydroxyl groups is 1. The SMILES string of the molecule is CCCCCCCCCCCCCCCCCCCCCC(=O)O[C@H](COC(=O)CCCCCCCCCCCCCCCCC(C)CC)COP(=O)(O)OC[C@@H](O)COP(=O)(O)OC[C@@H](COC(=O)CCCCCCCCCCCCCC)OC(=O)CCCCCCCCCCCCCCCCCCCC. The molecule has 0 saturated carbocycles. The molecule has 0 aromatic rings. The van der Waals surface area contributed by atoms with Gasteiger partial charge in [-0.3, -0.25) is 37.3 Å². The molecule has 0 rings (SSSR count). The first kappa shape index (κ1) is 105. The number of aliphatic hydroxyl groups excluding tert-OH is 1. The van der Waals surface area contributed by atoms with Gasteiger partial charge in [0.05, 0.1) is 26.4 Å². The van der Waals surface area contributed by atoms with Crippen LogP contribution in [-0.4, -0.2) is 96.7 Å². The number of rotatable bonds is 88. The van der Waals surface area contributed by atoms with Crippen LogP contribution >= 0.6 is 15.6 Å². The maximum absolute atomic E-state index is 13.2. The molecule has 0 fully saturated rings. The Morgan fingerprint density at radius 3 is 0.664 bits per heavy atom. The largest absolute Gasteiger partial charge is 0.472 e. The first-order valence-electron chi connectivity index (χ1n) is 45.7. The minimum absolute atomic E-state index is 0.109. The molecular weight excluding hydrogens is 1390 g/mol. The highest BCUT2D eigenvalue weighted by Gasteiger charge is 2.30. The van der Waals surface area contributed by atoms with Crippen molar-refractivity contribution in [3.05, 3.63) is 0 Å². The second-order valence-corrected chi connectivity index (χ2v) is 34.8. The number of hydrogen-bond donors (Lipinski definition) is 3. The van der Waals surface area contributed by atoms with Crippen molar-refractivity contribution in [3.8, 4) is 0 Å². The summed E-state index contributed by atoms with van der Waals surface area (Å²) in [5.41, 5.74) is 0. The van der Waals surface area contributed by atoms with Gasteiger partial charge in [0.1, 0.15) is 19.3 Å². The van der Waals surface area contributed by atoms with Gasteiger partial charge in [0.25, 0.3) is 0 Å². The Balaban J connectivity index is 5.26. The van der Waals surface area contributed by atoms with Gasteiger partial charge in [-0.05, 0) is 31.6 Å². The Morgan fingerprint density at radius 1 is 0.262 bits per heavy atom. The maximum atomic E-state index is 13.2. The lowest BCUT2D eigenvalue weighted by atomic mass is 9.99. The summed E-state index contributed by atoms with van der Waals surface area (Å²) in [6.07, 6.45) is 74.8. The zero-order valence-electron chi connectivity index (χ0n) is 70.3. The molecule has 0 aliphatic heterocycles. The minimum Gasteiger partial charge on any atom is -0.462 e. The van der Waals surface area contributed by atoms with Crippen LogP contribution in [0.5, 0.6) is 0 Å². The Labute approximate surface area is 658 Å². The smallest absolute Gasteiger partial charge is 0.462 e. The molecule has 0 saturated heterocycles. The molecule has 636 valence electrons. The summed E-state index contributed by atoms with van der Waals surface area (Å²) in [7, 11) is -9.93. The number of ether oxygens (including phenoxy) is 4. The quantitative estimate of drug-likeness (QED) is 0.0222. The molecule has 0 amide bonds. The second kappa shape index (κ2) is 80.7. The highest BCUT2D eigenvalue weighted by molar-refractivity contribution is 7.47. The standard InChI is InChI=1S/C88H172O17P2/c1-6-10-13-16-19-22-25-28-30-32-34-36-38-44-49-54-59-64-69-74-88(93)105-84(78-99-86(91)72-67-62-57-52-47-42-40-39-41-45-50-55-60-65-70-81(5)9-4)80-103-107(96,97)101-76-82(89)75-100-106(94,95)102-79-83(77-98-85(90)71-66-61-56-51-46-27-24-21-18-15-12-8-3)104-87(92)73-68-63-58-53-48-43-37-35-33-31-29-26-23-20-17-14-11-7-2/h81-84,89H,6-80H2,1-5H3,(H,94,95)(H,96,97)/t81?,82-,83+,84+/m0/s1. The summed E-state index contributed by atoms with van der Waals surface area (Å²) >= 11 is 0. The topological polar surface area (TPSA) is 237 Å². The Morgan fingerprint density at radius 2 is 0.449 bits per heavy atom. The lowest BCUT2D eigenvalue weighted by Gasteiger charge is -2.21. The number of phosphoric acid groups is 2. The molecule has 3 N–H and O–H groups in total. The van der Waals surface area contributed by atoms with Gasteiger partial charge in [-0.25, -0.2) is 9.13 Å². The second-order valence-electron chi connectivity index (χ2n) is 31.9. The number of phosphoric ester groups is 2. The molecule has 0 heterocycles. The molecule has 107 heavy (non-hydrogen) atoms. The number of carbonyl (C=O) groups excluding carboxylic acids is 4. The number of unbranched alkanes of at least 4 members (excludes halogenated alkanes) is 59. The summed E-state index contributed by atoms with van der Waals surface area (Å²) in [5, 5.41) is 10.7. The monoisotopic (exact) mass is 1560 g/mol. The molecule has 0 aliphatic carbocycles. The molecular formula is C88H172O17P2. The summed E-state index contributed by atoms with van der Waals surface area (Å²) in [5.74, 6) is -1.24. The van der Waals surface area contributed by atoms with Crippen molar-refractivity contribution in [1.82, 2.24) is 0 Å². The van der Waals surface area contributed by atoms with Crippen LogP contribution in [0.2, 0.25) is 0 Å². The number of esters is 4. The molecule has 0 radical (unpaired) electrons. The molecule has 0 bridgehead atoms. The fourth-order valence-corrected chi connectivity index (χ4v) is 15.4. The van der Waals surface area contributed by atoms with E-state index in [0.717, 1.165) is 95.8 Å². The summed E-state index contributed by atoms with van der Waals surface area (Å²) in [6.45, 7) is 7.44. The van der Waals surface area contributed by atoms with Crippen molar-refractivity contribution in [2.24, 2.45) is 5.92 Å². The van der Waals surface area contributed by atoms with Crippen molar-refractivity contribution in [2.45, 2.75) is 496 Å². The van der Waals surface area contributed by atoms with E-state index >= 15 is 0 Å². The summed E-state index contributed by atoms with van der Waals surface area (Å²) in [6, 6.07) is 0. The van der Waals surface area contributed by atoms with E-state index in [4.69, 9.17) is 37.0 Å². The highest BCUT2D eigenvalue weighted by Crippen LogP contribution is 2.45. The van der Waals surface area contributed by atoms with Gasteiger partial charge in [0.2, 0.25) is 0 Å². The third kappa shape index (κ3) is 80.5. The number of hydrogen-bond acceptors (Lipinski definition) is 15. The Hall–Kier alpha value is -1.94. The minimum atomic E-state index is -4.97. The van der Waals surface area contributed by atoms with Crippen LogP contribution in [0.25, 0.3) is 0 Å². The van der Waals surface area contributed by atoms with Crippen LogP contribution in [0.15, 0.2) is 0 Å². The predicted octanol–water partition coefficient (Wildman–Crippen LogP) is 27.2. The average Bonchev–Trinajstić information content (AvgIpc) is 0.901. The Kier molecular flexibility index (Phi) is 79.2. The van der Waals surface area contributed by atoms with E-state index < -0.39 is 97.5 Å². The van der Waals surface area contributed by atoms with Crippen LogP contribution in [0.4, 0.5) is 0 Å². The molecule has 0 aliphatic rings. The fraction of sp³-hybridized carbons (Fsp3) is 0.955. The molecule has 17 nitrogen and oxygen atoms in total. The van der Waals surface area contributed by atoms with Gasteiger partial charge in [-0.15, -0.1) is 0 Å². The van der Waals surface area contributed by atoms with E-state index in [9.17, 15) is 43.2 Å². The van der Waals surface area contributed by atoms with Crippen LogP contribution < -0.4 is 0 Å². The third-order valence-corrected chi connectivity index (χ3v) is 23.0. The van der Waals surface area contributed by atoms with Crippen molar-refractivity contribution in [1.29, 1.82) is 0 Å².